The van der Waals surface area contributed by atoms with Gasteiger partial charge in [-0.15, -0.1) is 0 Å². The number of nitrogens with zero attached hydrogens (tertiary/aromatic N) is 1. The van der Waals surface area contributed by atoms with Crippen molar-refractivity contribution < 1.29 is 24.2 Å². The smallest absolute Gasteiger partial charge is 0.311 e. The molecule has 0 saturated heterocycles. The number of carbonyl (C=O) groups excluding carboxylic acids is 2. The van der Waals surface area contributed by atoms with Gasteiger partial charge < -0.3 is 19.5 Å². The summed E-state index contributed by atoms with van der Waals surface area (Å²) < 4.78 is 11.7. The monoisotopic (exact) mass is 780 g/mol. The van der Waals surface area contributed by atoms with Crippen molar-refractivity contribution >= 4 is 11.9 Å². The number of unbranched alkanes of at least 4 members (excludes halogenated alkanes) is 20. The van der Waals surface area contributed by atoms with E-state index in [1.165, 1.54) is 109 Å². The van der Waals surface area contributed by atoms with Gasteiger partial charge in [0.25, 0.3) is 0 Å². The number of aliphatic hydroxyl groups excluding tert-OH is 1. The Morgan fingerprint density at radius 3 is 1.56 bits per heavy atom. The summed E-state index contributed by atoms with van der Waals surface area (Å²) in [6.07, 6.45) is 37.0. The van der Waals surface area contributed by atoms with Gasteiger partial charge in [-0.3, -0.25) is 9.59 Å². The van der Waals surface area contributed by atoms with Gasteiger partial charge in [0.05, 0.1) is 12.0 Å². The average Bonchev–Trinajstić information content (AvgIpc) is 3.15. The van der Waals surface area contributed by atoms with Crippen molar-refractivity contribution in [2.45, 2.75) is 260 Å². The van der Waals surface area contributed by atoms with Crippen LogP contribution < -0.4 is 0 Å². The van der Waals surface area contributed by atoms with E-state index in [0.29, 0.717) is 13.0 Å². The number of rotatable bonds is 42. The molecule has 0 spiro atoms. The van der Waals surface area contributed by atoms with Gasteiger partial charge in [0.2, 0.25) is 0 Å². The second-order valence-electron chi connectivity index (χ2n) is 18.6. The Bertz CT molecular complexity index is 842. The van der Waals surface area contributed by atoms with Crippen molar-refractivity contribution in [3.8, 4) is 0 Å². The molecule has 6 heteroatoms. The molecule has 1 N–H and O–H groups in total. The fraction of sp³-hybridized carbons (Fsp3) is 0.959. The summed E-state index contributed by atoms with van der Waals surface area (Å²) in [5.74, 6) is -0.0281. The molecular formula is C49H97NO5. The van der Waals surface area contributed by atoms with Crippen LogP contribution >= 0.6 is 0 Å². The fourth-order valence-electron chi connectivity index (χ4n) is 7.68. The Hall–Kier alpha value is -1.14. The molecule has 0 atom stereocenters. The summed E-state index contributed by atoms with van der Waals surface area (Å²) in [5.41, 5.74) is -0.197. The van der Waals surface area contributed by atoms with Crippen molar-refractivity contribution in [1.82, 2.24) is 4.90 Å². The SMILES string of the molecule is CCCCCCCCCOC(=O)C(C)(C)CCCCCCN(CCCO)CCC(C)(C)CCCCC(=O)OC(CCCCCCCC)CCCCCCCC. The molecule has 55 heavy (non-hydrogen) atoms. The molecule has 0 aliphatic rings. The summed E-state index contributed by atoms with van der Waals surface area (Å²) in [4.78, 5) is 28.2. The van der Waals surface area contributed by atoms with Gasteiger partial charge in [-0.05, 0) is 103 Å². The van der Waals surface area contributed by atoms with Crippen LogP contribution in [0.1, 0.15) is 254 Å². The predicted molar refractivity (Wildman–Crippen MR) is 237 cm³/mol. The van der Waals surface area contributed by atoms with Crippen molar-refractivity contribution in [3.05, 3.63) is 0 Å². The molecule has 0 rings (SSSR count). The zero-order valence-electron chi connectivity index (χ0n) is 38.3. The number of ether oxygens (including phenoxy) is 2. The van der Waals surface area contributed by atoms with Crippen LogP contribution in [0.3, 0.4) is 0 Å². The quantitative estimate of drug-likeness (QED) is 0.0491. The summed E-state index contributed by atoms with van der Waals surface area (Å²) in [6.45, 7) is 19.4. The third-order valence-electron chi connectivity index (χ3n) is 11.8. The molecule has 328 valence electrons. The minimum Gasteiger partial charge on any atom is -0.465 e. The van der Waals surface area contributed by atoms with Crippen LogP contribution in [-0.4, -0.2) is 60.9 Å². The van der Waals surface area contributed by atoms with E-state index in [1.807, 2.05) is 13.8 Å². The Kier molecular flexibility index (Phi) is 36.4. The Morgan fingerprint density at radius 2 is 1.00 bits per heavy atom. The molecule has 0 aromatic carbocycles. The second-order valence-corrected chi connectivity index (χ2v) is 18.6. The highest BCUT2D eigenvalue weighted by Gasteiger charge is 2.28. The van der Waals surface area contributed by atoms with Crippen LogP contribution in [0.4, 0.5) is 0 Å². The lowest BCUT2D eigenvalue weighted by molar-refractivity contribution is -0.154. The predicted octanol–water partition coefficient (Wildman–Crippen LogP) is 14.3. The molecule has 6 nitrogen and oxygen atoms in total. The van der Waals surface area contributed by atoms with Gasteiger partial charge in [0.15, 0.2) is 0 Å². The van der Waals surface area contributed by atoms with Crippen LogP contribution in [0.15, 0.2) is 0 Å². The Morgan fingerprint density at radius 1 is 0.527 bits per heavy atom. The molecule has 0 aromatic rings. The zero-order chi connectivity index (χ0) is 40.9. The molecule has 0 aliphatic heterocycles. The highest BCUT2D eigenvalue weighted by molar-refractivity contribution is 5.75. The average molecular weight is 780 g/mol. The van der Waals surface area contributed by atoms with Gasteiger partial charge >= 0.3 is 11.9 Å². The lowest BCUT2D eigenvalue weighted by Gasteiger charge is -2.29. The standard InChI is InChI=1S/C49H97NO5/c1-8-11-14-17-20-25-32-44-54-47(53)49(6,7)38-29-23-24-31-40-50(41-33-43-51)42-39-48(4,5)37-30-28-36-46(52)55-45(34-26-21-18-15-12-9-2)35-27-22-19-16-13-10-3/h45,51H,8-44H2,1-7H3. The van der Waals surface area contributed by atoms with Crippen LogP contribution in [0.25, 0.3) is 0 Å². The molecule has 0 aliphatic carbocycles. The van der Waals surface area contributed by atoms with Gasteiger partial charge in [0.1, 0.15) is 6.10 Å². The van der Waals surface area contributed by atoms with Crippen molar-refractivity contribution in [3.63, 3.8) is 0 Å². The number of carbonyl (C=O) groups is 2. The summed E-state index contributed by atoms with van der Waals surface area (Å²) in [7, 11) is 0. The molecule has 0 amide bonds. The lowest BCUT2D eigenvalue weighted by atomic mass is 9.83. The minimum atomic E-state index is -0.414. The number of hydrogen-bond acceptors (Lipinski definition) is 6. The molecule has 0 fully saturated rings. The summed E-state index contributed by atoms with van der Waals surface area (Å²) in [6, 6.07) is 0. The molecule has 0 bridgehead atoms. The fourth-order valence-corrected chi connectivity index (χ4v) is 7.68. The van der Waals surface area contributed by atoms with Crippen molar-refractivity contribution in [2.24, 2.45) is 10.8 Å². The van der Waals surface area contributed by atoms with E-state index in [-0.39, 0.29) is 30.1 Å². The number of aliphatic hydroxyl groups is 1. The molecule has 0 saturated carbocycles. The van der Waals surface area contributed by atoms with Gasteiger partial charge in [0, 0.05) is 19.6 Å². The molecule has 0 radical (unpaired) electrons. The summed E-state index contributed by atoms with van der Waals surface area (Å²) in [5, 5.41) is 9.53. The van der Waals surface area contributed by atoms with E-state index < -0.39 is 5.41 Å². The van der Waals surface area contributed by atoms with Crippen LogP contribution in [0.2, 0.25) is 0 Å². The van der Waals surface area contributed by atoms with Crippen molar-refractivity contribution in [1.29, 1.82) is 0 Å². The molecular weight excluding hydrogens is 683 g/mol. The van der Waals surface area contributed by atoms with Gasteiger partial charge in [-0.25, -0.2) is 0 Å². The van der Waals surface area contributed by atoms with E-state index in [0.717, 1.165) is 110 Å². The van der Waals surface area contributed by atoms with E-state index in [1.54, 1.807) is 0 Å². The topological polar surface area (TPSA) is 76.1 Å². The Balaban J connectivity index is 4.43. The second kappa shape index (κ2) is 37.2. The zero-order valence-corrected chi connectivity index (χ0v) is 38.3. The largest absolute Gasteiger partial charge is 0.465 e. The third kappa shape index (κ3) is 34.6. The van der Waals surface area contributed by atoms with Crippen LogP contribution in [0.5, 0.6) is 0 Å². The van der Waals surface area contributed by atoms with E-state index >= 15 is 0 Å². The number of hydrogen-bond donors (Lipinski definition) is 1. The first-order valence-electron chi connectivity index (χ1n) is 24.2. The maximum absolute atomic E-state index is 12.9. The summed E-state index contributed by atoms with van der Waals surface area (Å²) >= 11 is 0. The minimum absolute atomic E-state index is 0.0113. The Labute approximate surface area is 343 Å². The highest BCUT2D eigenvalue weighted by Crippen LogP contribution is 2.29. The van der Waals surface area contributed by atoms with E-state index in [9.17, 15) is 14.7 Å². The molecule has 0 heterocycles. The first-order valence-corrected chi connectivity index (χ1v) is 24.2. The maximum Gasteiger partial charge on any atom is 0.311 e. The lowest BCUT2D eigenvalue weighted by Crippen LogP contribution is -2.31. The first kappa shape index (κ1) is 53.9. The van der Waals surface area contributed by atoms with E-state index in [4.69, 9.17) is 9.47 Å². The van der Waals surface area contributed by atoms with E-state index in [2.05, 4.69) is 39.5 Å². The highest BCUT2D eigenvalue weighted by atomic mass is 16.5. The molecule has 0 aromatic heterocycles. The van der Waals surface area contributed by atoms with Crippen molar-refractivity contribution in [2.75, 3.05) is 32.8 Å². The van der Waals surface area contributed by atoms with Crippen LogP contribution in [0, 0.1) is 10.8 Å². The third-order valence-corrected chi connectivity index (χ3v) is 11.8. The van der Waals surface area contributed by atoms with Crippen LogP contribution in [-0.2, 0) is 19.1 Å². The normalized spacial score (nSPS) is 12.3. The first-order chi connectivity index (χ1) is 26.5. The van der Waals surface area contributed by atoms with Gasteiger partial charge in [-0.2, -0.15) is 0 Å². The number of esters is 2. The maximum atomic E-state index is 12.9. The molecule has 0 unspecified atom stereocenters. The van der Waals surface area contributed by atoms with Gasteiger partial charge in [-0.1, -0.05) is 163 Å².